The molecule has 0 N–H and O–H groups in total. The summed E-state index contributed by atoms with van der Waals surface area (Å²) in [4.78, 5) is 16.2. The molecule has 6 nitrogen and oxygen atoms in total. The summed E-state index contributed by atoms with van der Waals surface area (Å²) in [6.45, 7) is 3.60. The van der Waals surface area contributed by atoms with Crippen LogP contribution in [0.4, 0.5) is 4.39 Å². The van der Waals surface area contributed by atoms with Gasteiger partial charge in [-0.25, -0.2) is 14.2 Å². The van der Waals surface area contributed by atoms with Gasteiger partial charge < -0.3 is 9.26 Å². The fraction of sp³-hybridized carbons (Fsp3) is 0.188. The zero-order valence-corrected chi connectivity index (χ0v) is 12.6. The SMILES string of the molecule is Cc1noc(C)c1COC(=O)c1cncn1-c1ccc(F)cc1. The van der Waals surface area contributed by atoms with Crippen LogP contribution in [0.3, 0.4) is 0 Å². The molecule has 3 rings (SSSR count). The lowest BCUT2D eigenvalue weighted by molar-refractivity contribution is 0.0461. The van der Waals surface area contributed by atoms with Crippen LogP contribution < -0.4 is 0 Å². The molecule has 118 valence electrons. The largest absolute Gasteiger partial charge is 0.456 e. The van der Waals surface area contributed by atoms with Crippen LogP contribution in [0.2, 0.25) is 0 Å². The van der Waals surface area contributed by atoms with Crippen LogP contribution in [0.5, 0.6) is 0 Å². The third-order valence-electron chi connectivity index (χ3n) is 3.48. The third-order valence-corrected chi connectivity index (χ3v) is 3.48. The molecule has 0 spiro atoms. The van der Waals surface area contributed by atoms with Gasteiger partial charge in [0.05, 0.1) is 23.8 Å². The molecular formula is C16H14FN3O3. The van der Waals surface area contributed by atoms with E-state index in [-0.39, 0.29) is 18.1 Å². The molecule has 0 aliphatic rings. The first-order chi connectivity index (χ1) is 11.1. The van der Waals surface area contributed by atoms with Gasteiger partial charge in [-0.05, 0) is 38.1 Å². The van der Waals surface area contributed by atoms with Gasteiger partial charge >= 0.3 is 5.97 Å². The molecular weight excluding hydrogens is 301 g/mol. The molecule has 0 aliphatic heterocycles. The molecule has 1 aromatic carbocycles. The van der Waals surface area contributed by atoms with E-state index in [9.17, 15) is 9.18 Å². The van der Waals surface area contributed by atoms with Crippen molar-refractivity contribution in [2.24, 2.45) is 0 Å². The summed E-state index contributed by atoms with van der Waals surface area (Å²) in [5, 5.41) is 3.81. The van der Waals surface area contributed by atoms with Crippen LogP contribution >= 0.6 is 0 Å². The Morgan fingerprint density at radius 1 is 1.30 bits per heavy atom. The predicted molar refractivity (Wildman–Crippen MR) is 78.6 cm³/mol. The summed E-state index contributed by atoms with van der Waals surface area (Å²) in [5.41, 5.74) is 2.30. The predicted octanol–water partition coefficient (Wildman–Crippen LogP) is 2.97. The van der Waals surface area contributed by atoms with Gasteiger partial charge in [0.2, 0.25) is 0 Å². The summed E-state index contributed by atoms with van der Waals surface area (Å²) >= 11 is 0. The Hall–Kier alpha value is -2.96. The number of hydrogen-bond donors (Lipinski definition) is 0. The molecule has 0 amide bonds. The van der Waals surface area contributed by atoms with Crippen LogP contribution in [0.25, 0.3) is 5.69 Å². The Kier molecular flexibility index (Phi) is 3.92. The van der Waals surface area contributed by atoms with Crippen LogP contribution in [0.15, 0.2) is 41.3 Å². The number of benzene rings is 1. The van der Waals surface area contributed by atoms with Crippen molar-refractivity contribution in [3.8, 4) is 5.69 Å². The lowest BCUT2D eigenvalue weighted by Gasteiger charge is -2.08. The van der Waals surface area contributed by atoms with Gasteiger partial charge in [0.25, 0.3) is 0 Å². The van der Waals surface area contributed by atoms with Crippen molar-refractivity contribution in [2.45, 2.75) is 20.5 Å². The van der Waals surface area contributed by atoms with Crippen molar-refractivity contribution in [3.05, 3.63) is 65.3 Å². The van der Waals surface area contributed by atoms with Gasteiger partial charge in [0.1, 0.15) is 18.2 Å². The number of esters is 1. The molecule has 7 heteroatoms. The Balaban J connectivity index is 1.79. The number of aromatic nitrogens is 3. The number of nitrogens with zero attached hydrogens (tertiary/aromatic N) is 3. The second-order valence-electron chi connectivity index (χ2n) is 5.00. The van der Waals surface area contributed by atoms with Crippen molar-refractivity contribution >= 4 is 5.97 Å². The smallest absolute Gasteiger partial charge is 0.357 e. The maximum atomic E-state index is 13.0. The molecule has 2 aromatic heterocycles. The average molecular weight is 315 g/mol. The van der Waals surface area contributed by atoms with Gasteiger partial charge in [0.15, 0.2) is 5.69 Å². The highest BCUT2D eigenvalue weighted by atomic mass is 19.1. The van der Waals surface area contributed by atoms with Crippen molar-refractivity contribution in [1.29, 1.82) is 0 Å². The molecule has 0 fully saturated rings. The lowest BCUT2D eigenvalue weighted by atomic mass is 10.2. The molecule has 0 unspecified atom stereocenters. The normalized spacial score (nSPS) is 10.7. The van der Waals surface area contributed by atoms with Crippen LogP contribution in [0, 0.1) is 19.7 Å². The standard InChI is InChI=1S/C16H14FN3O3/c1-10-14(11(2)23-19-10)8-22-16(21)15-7-18-9-20(15)13-5-3-12(17)4-6-13/h3-7,9H,8H2,1-2H3. The molecule has 0 radical (unpaired) electrons. The summed E-state index contributed by atoms with van der Waals surface area (Å²) < 4.78 is 24.9. The zero-order valence-electron chi connectivity index (χ0n) is 12.6. The molecule has 3 aromatic rings. The number of aryl methyl sites for hydroxylation is 2. The van der Waals surface area contributed by atoms with E-state index in [0.717, 1.165) is 5.56 Å². The molecule has 0 saturated heterocycles. The minimum absolute atomic E-state index is 0.0641. The Morgan fingerprint density at radius 3 is 2.70 bits per heavy atom. The molecule has 0 bridgehead atoms. The maximum absolute atomic E-state index is 13.0. The van der Waals surface area contributed by atoms with E-state index < -0.39 is 5.97 Å². The van der Waals surface area contributed by atoms with Gasteiger partial charge in [-0.2, -0.15) is 0 Å². The highest BCUT2D eigenvalue weighted by Gasteiger charge is 2.17. The lowest BCUT2D eigenvalue weighted by Crippen LogP contribution is -2.11. The molecule has 2 heterocycles. The Morgan fingerprint density at radius 2 is 2.04 bits per heavy atom. The Bertz CT molecular complexity index is 817. The van der Waals surface area contributed by atoms with Gasteiger partial charge in [-0.15, -0.1) is 0 Å². The van der Waals surface area contributed by atoms with E-state index >= 15 is 0 Å². The van der Waals surface area contributed by atoms with Gasteiger partial charge in [-0.3, -0.25) is 4.57 Å². The van der Waals surface area contributed by atoms with Crippen molar-refractivity contribution in [3.63, 3.8) is 0 Å². The van der Waals surface area contributed by atoms with E-state index in [1.165, 1.54) is 29.2 Å². The van der Waals surface area contributed by atoms with Gasteiger partial charge in [-0.1, -0.05) is 5.16 Å². The zero-order chi connectivity index (χ0) is 16.4. The highest BCUT2D eigenvalue weighted by molar-refractivity contribution is 5.88. The average Bonchev–Trinajstić information content (AvgIpc) is 3.14. The van der Waals surface area contributed by atoms with E-state index in [4.69, 9.17) is 9.26 Å². The molecule has 23 heavy (non-hydrogen) atoms. The minimum Gasteiger partial charge on any atom is -0.456 e. The second kappa shape index (κ2) is 6.04. The minimum atomic E-state index is -0.535. The maximum Gasteiger partial charge on any atom is 0.357 e. The van der Waals surface area contributed by atoms with E-state index in [1.54, 1.807) is 26.0 Å². The number of hydrogen-bond acceptors (Lipinski definition) is 5. The fourth-order valence-electron chi connectivity index (χ4n) is 2.17. The first-order valence-corrected chi connectivity index (χ1v) is 6.93. The van der Waals surface area contributed by atoms with Crippen molar-refractivity contribution < 1.29 is 18.4 Å². The summed E-state index contributed by atoms with van der Waals surface area (Å²) in [6, 6.07) is 5.74. The van der Waals surface area contributed by atoms with E-state index in [1.807, 2.05) is 0 Å². The quantitative estimate of drug-likeness (QED) is 0.692. The molecule has 0 aliphatic carbocycles. The Labute approximate surface area is 131 Å². The summed E-state index contributed by atoms with van der Waals surface area (Å²) in [5.74, 6) is -0.273. The second-order valence-corrected chi connectivity index (χ2v) is 5.00. The fourth-order valence-corrected chi connectivity index (χ4v) is 2.17. The first-order valence-electron chi connectivity index (χ1n) is 6.93. The van der Waals surface area contributed by atoms with E-state index in [2.05, 4.69) is 10.1 Å². The topological polar surface area (TPSA) is 70.2 Å². The number of rotatable bonds is 4. The molecule has 0 saturated carbocycles. The third kappa shape index (κ3) is 2.98. The van der Waals surface area contributed by atoms with Crippen LogP contribution in [0.1, 0.15) is 27.5 Å². The van der Waals surface area contributed by atoms with Gasteiger partial charge in [0, 0.05) is 5.69 Å². The van der Waals surface area contributed by atoms with Crippen molar-refractivity contribution in [2.75, 3.05) is 0 Å². The summed E-state index contributed by atoms with van der Waals surface area (Å²) in [7, 11) is 0. The number of carbonyl (C=O) groups is 1. The monoisotopic (exact) mass is 315 g/mol. The number of carbonyl (C=O) groups excluding carboxylic acids is 1. The first kappa shape index (κ1) is 15.0. The van der Waals surface area contributed by atoms with E-state index in [0.29, 0.717) is 17.1 Å². The number of imidazole rings is 1. The highest BCUT2D eigenvalue weighted by Crippen LogP contribution is 2.16. The molecule has 0 atom stereocenters. The number of halogens is 1. The summed E-state index contributed by atoms with van der Waals surface area (Å²) in [6.07, 6.45) is 2.87. The van der Waals surface area contributed by atoms with Crippen LogP contribution in [-0.4, -0.2) is 20.7 Å². The number of ether oxygens (including phenoxy) is 1. The van der Waals surface area contributed by atoms with Crippen LogP contribution in [-0.2, 0) is 11.3 Å². The van der Waals surface area contributed by atoms with Crippen molar-refractivity contribution in [1.82, 2.24) is 14.7 Å².